The normalized spacial score (nSPS) is 10.9. The van der Waals surface area contributed by atoms with Crippen LogP contribution in [-0.2, 0) is 11.3 Å². The third-order valence-electron chi connectivity index (χ3n) is 2.14. The van der Waals surface area contributed by atoms with Gasteiger partial charge in [-0.15, -0.1) is 0 Å². The van der Waals surface area contributed by atoms with Crippen molar-refractivity contribution in [2.75, 3.05) is 19.0 Å². The van der Waals surface area contributed by atoms with E-state index in [2.05, 4.69) is 45.1 Å². The Hall–Kier alpha value is -0.680. The first-order chi connectivity index (χ1) is 7.60. The highest BCUT2D eigenvalue weighted by Crippen LogP contribution is 2.28. The Morgan fingerprint density at radius 3 is 2.56 bits per heavy atom. The predicted octanol–water partition coefficient (Wildman–Crippen LogP) is 2.94. The molecule has 1 aromatic heterocycles. The Balaban J connectivity index is 3.07. The van der Waals surface area contributed by atoms with E-state index in [1.807, 2.05) is 14.0 Å². The minimum absolute atomic E-state index is 0.352. The van der Waals surface area contributed by atoms with Crippen LogP contribution >= 0.6 is 15.9 Å². The number of halogens is 1. The third kappa shape index (κ3) is 3.15. The molecule has 0 fully saturated rings. The minimum atomic E-state index is 0.352. The number of rotatable bonds is 5. The Bertz CT molecular complexity index is 355. The van der Waals surface area contributed by atoms with E-state index < -0.39 is 0 Å². The molecule has 0 aliphatic heterocycles. The van der Waals surface area contributed by atoms with E-state index in [4.69, 9.17) is 4.74 Å². The van der Waals surface area contributed by atoms with E-state index in [0.29, 0.717) is 19.1 Å². The molecule has 0 amide bonds. The van der Waals surface area contributed by atoms with Crippen LogP contribution < -0.4 is 5.32 Å². The van der Waals surface area contributed by atoms with Gasteiger partial charge in [-0.05, 0) is 28.8 Å². The summed E-state index contributed by atoms with van der Waals surface area (Å²) in [7, 11) is 1.85. The number of anilines is 1. The van der Waals surface area contributed by atoms with Crippen LogP contribution in [0.3, 0.4) is 0 Å². The van der Waals surface area contributed by atoms with Gasteiger partial charge in [-0.2, -0.15) is 0 Å². The lowest BCUT2D eigenvalue weighted by Gasteiger charge is -2.13. The Labute approximate surface area is 105 Å². The Morgan fingerprint density at radius 2 is 2.06 bits per heavy atom. The van der Waals surface area contributed by atoms with Gasteiger partial charge in [-0.1, -0.05) is 13.8 Å². The highest BCUT2D eigenvalue weighted by Gasteiger charge is 2.13. The summed E-state index contributed by atoms with van der Waals surface area (Å²) in [5, 5.41) is 3.05. The molecule has 1 aromatic rings. The predicted molar refractivity (Wildman–Crippen MR) is 68.7 cm³/mol. The quantitative estimate of drug-likeness (QED) is 0.905. The van der Waals surface area contributed by atoms with Crippen LogP contribution in [0.5, 0.6) is 0 Å². The molecule has 4 nitrogen and oxygen atoms in total. The van der Waals surface area contributed by atoms with E-state index in [9.17, 15) is 0 Å². The van der Waals surface area contributed by atoms with Crippen LogP contribution in [0.1, 0.15) is 38.2 Å². The van der Waals surface area contributed by atoms with Gasteiger partial charge in [0.2, 0.25) is 0 Å². The van der Waals surface area contributed by atoms with Crippen molar-refractivity contribution in [3.8, 4) is 0 Å². The van der Waals surface area contributed by atoms with Gasteiger partial charge in [0.1, 0.15) is 12.4 Å². The standard InChI is InChI=1S/C11H18BrN3O/c1-5-16-6-8-14-10(7(2)3)9(12)11(13-4)15-8/h7H,5-6H2,1-4H3,(H,13,14,15). The molecular weight excluding hydrogens is 270 g/mol. The molecule has 0 saturated heterocycles. The minimum Gasteiger partial charge on any atom is -0.374 e. The number of hydrogen-bond acceptors (Lipinski definition) is 4. The summed E-state index contributed by atoms with van der Waals surface area (Å²) in [4.78, 5) is 8.87. The van der Waals surface area contributed by atoms with Crippen LogP contribution in [0.25, 0.3) is 0 Å². The molecule has 0 aliphatic carbocycles. The fraction of sp³-hybridized carbons (Fsp3) is 0.636. The van der Waals surface area contributed by atoms with E-state index in [0.717, 1.165) is 21.8 Å². The molecule has 16 heavy (non-hydrogen) atoms. The van der Waals surface area contributed by atoms with E-state index in [1.165, 1.54) is 0 Å². The Kier molecular flexibility index (Phi) is 5.15. The molecule has 1 N–H and O–H groups in total. The molecule has 0 unspecified atom stereocenters. The Morgan fingerprint density at radius 1 is 1.38 bits per heavy atom. The van der Waals surface area contributed by atoms with Gasteiger partial charge in [0.05, 0.1) is 10.2 Å². The van der Waals surface area contributed by atoms with Crippen molar-refractivity contribution in [1.82, 2.24) is 9.97 Å². The second kappa shape index (κ2) is 6.15. The zero-order valence-electron chi connectivity index (χ0n) is 10.2. The van der Waals surface area contributed by atoms with Crippen molar-refractivity contribution in [2.24, 2.45) is 0 Å². The van der Waals surface area contributed by atoms with Crippen molar-refractivity contribution < 1.29 is 4.74 Å². The molecule has 0 radical (unpaired) electrons. The molecule has 90 valence electrons. The fourth-order valence-corrected chi connectivity index (χ4v) is 2.15. The van der Waals surface area contributed by atoms with Gasteiger partial charge in [-0.25, -0.2) is 9.97 Å². The summed E-state index contributed by atoms with van der Waals surface area (Å²) in [6.45, 7) is 7.30. The maximum absolute atomic E-state index is 5.33. The van der Waals surface area contributed by atoms with Gasteiger partial charge in [0.25, 0.3) is 0 Å². The highest BCUT2D eigenvalue weighted by atomic mass is 79.9. The summed E-state index contributed by atoms with van der Waals surface area (Å²) in [5.74, 6) is 1.89. The van der Waals surface area contributed by atoms with Gasteiger partial charge < -0.3 is 10.1 Å². The van der Waals surface area contributed by atoms with Crippen molar-refractivity contribution in [1.29, 1.82) is 0 Å². The second-order valence-corrected chi connectivity index (χ2v) is 4.52. The molecule has 0 atom stereocenters. The van der Waals surface area contributed by atoms with Gasteiger partial charge in [-0.3, -0.25) is 0 Å². The average Bonchev–Trinajstić information content (AvgIpc) is 2.27. The first-order valence-electron chi connectivity index (χ1n) is 5.41. The number of hydrogen-bond donors (Lipinski definition) is 1. The first kappa shape index (κ1) is 13.4. The maximum atomic E-state index is 5.33. The monoisotopic (exact) mass is 287 g/mol. The average molecular weight is 288 g/mol. The molecule has 1 rings (SSSR count). The van der Waals surface area contributed by atoms with Crippen LogP contribution in [0.2, 0.25) is 0 Å². The van der Waals surface area contributed by atoms with Crippen LogP contribution in [0.4, 0.5) is 5.82 Å². The third-order valence-corrected chi connectivity index (χ3v) is 2.92. The van der Waals surface area contributed by atoms with Crippen molar-refractivity contribution >= 4 is 21.7 Å². The van der Waals surface area contributed by atoms with Crippen molar-refractivity contribution in [2.45, 2.75) is 33.3 Å². The number of nitrogens with one attached hydrogen (secondary N) is 1. The zero-order valence-corrected chi connectivity index (χ0v) is 11.8. The van der Waals surface area contributed by atoms with Gasteiger partial charge in [0, 0.05) is 13.7 Å². The van der Waals surface area contributed by atoms with Crippen LogP contribution in [0.15, 0.2) is 4.47 Å². The molecule has 0 spiro atoms. The topological polar surface area (TPSA) is 47.0 Å². The summed E-state index contributed by atoms with van der Waals surface area (Å²) in [5.41, 5.74) is 1.01. The van der Waals surface area contributed by atoms with E-state index >= 15 is 0 Å². The van der Waals surface area contributed by atoms with Crippen molar-refractivity contribution in [3.05, 3.63) is 16.0 Å². The SMILES string of the molecule is CCOCc1nc(NC)c(Br)c(C(C)C)n1. The lowest BCUT2D eigenvalue weighted by molar-refractivity contribution is 0.128. The summed E-state index contributed by atoms with van der Waals surface area (Å²) < 4.78 is 6.26. The van der Waals surface area contributed by atoms with Gasteiger partial charge in [0.15, 0.2) is 5.82 Å². The van der Waals surface area contributed by atoms with E-state index in [1.54, 1.807) is 0 Å². The highest BCUT2D eigenvalue weighted by molar-refractivity contribution is 9.10. The van der Waals surface area contributed by atoms with E-state index in [-0.39, 0.29) is 0 Å². The zero-order chi connectivity index (χ0) is 12.1. The molecule has 0 aliphatic rings. The number of aromatic nitrogens is 2. The largest absolute Gasteiger partial charge is 0.374 e. The van der Waals surface area contributed by atoms with Crippen molar-refractivity contribution in [3.63, 3.8) is 0 Å². The molecule has 0 aromatic carbocycles. The van der Waals surface area contributed by atoms with Gasteiger partial charge >= 0.3 is 0 Å². The number of nitrogens with zero attached hydrogens (tertiary/aromatic N) is 2. The smallest absolute Gasteiger partial charge is 0.156 e. The maximum Gasteiger partial charge on any atom is 0.156 e. The summed E-state index contributed by atoms with van der Waals surface area (Å²) in [6.07, 6.45) is 0. The van der Waals surface area contributed by atoms with Crippen LogP contribution in [-0.4, -0.2) is 23.6 Å². The molecule has 1 heterocycles. The molecule has 0 saturated carbocycles. The molecule has 0 bridgehead atoms. The first-order valence-corrected chi connectivity index (χ1v) is 6.21. The summed E-state index contributed by atoms with van der Waals surface area (Å²) >= 11 is 3.52. The van der Waals surface area contributed by atoms with Crippen LogP contribution in [0, 0.1) is 0 Å². The lowest BCUT2D eigenvalue weighted by atomic mass is 10.1. The fourth-order valence-electron chi connectivity index (χ4n) is 1.32. The molecular formula is C11H18BrN3O. The molecule has 5 heteroatoms. The number of ether oxygens (including phenoxy) is 1. The summed E-state index contributed by atoms with van der Waals surface area (Å²) in [6, 6.07) is 0. The lowest BCUT2D eigenvalue weighted by Crippen LogP contribution is -2.08. The second-order valence-electron chi connectivity index (χ2n) is 3.73.